The Morgan fingerprint density at radius 3 is 2.76 bits per heavy atom. The second-order valence-corrected chi connectivity index (χ2v) is 5.09. The van der Waals surface area contributed by atoms with Crippen LogP contribution in [0.25, 0.3) is 0 Å². The fourth-order valence-electron chi connectivity index (χ4n) is 1.77. The minimum Gasteiger partial charge on any atom is -0.497 e. The van der Waals surface area contributed by atoms with Gasteiger partial charge in [-0.25, -0.2) is 0 Å². The average molecular weight is 355 g/mol. The van der Waals surface area contributed by atoms with E-state index in [1.165, 1.54) is 12.1 Å². The summed E-state index contributed by atoms with van der Waals surface area (Å²) in [5.41, 5.74) is 0.837. The van der Waals surface area contributed by atoms with Gasteiger partial charge < -0.3 is 10.1 Å². The molecule has 0 atom stereocenters. The SMILES string of the molecule is COc1ccc(Br)c(CNc2ccc(F)c([N+](=O)[O-])c2)c1. The number of hydrogen-bond donors (Lipinski definition) is 1. The minimum absolute atomic E-state index is 0.417. The van der Waals surface area contributed by atoms with E-state index in [-0.39, 0.29) is 0 Å². The van der Waals surface area contributed by atoms with E-state index >= 15 is 0 Å². The zero-order chi connectivity index (χ0) is 15.4. The summed E-state index contributed by atoms with van der Waals surface area (Å²) in [7, 11) is 1.57. The number of ether oxygens (including phenoxy) is 1. The monoisotopic (exact) mass is 354 g/mol. The molecule has 0 aliphatic carbocycles. The first-order valence-electron chi connectivity index (χ1n) is 6.01. The first-order valence-corrected chi connectivity index (χ1v) is 6.81. The summed E-state index contributed by atoms with van der Waals surface area (Å²) in [5, 5.41) is 13.7. The highest BCUT2D eigenvalue weighted by molar-refractivity contribution is 9.10. The molecule has 0 heterocycles. The van der Waals surface area contributed by atoms with Gasteiger partial charge in [0.05, 0.1) is 12.0 Å². The van der Waals surface area contributed by atoms with Gasteiger partial charge in [-0.3, -0.25) is 10.1 Å². The zero-order valence-corrected chi connectivity index (χ0v) is 12.7. The van der Waals surface area contributed by atoms with Gasteiger partial charge in [0, 0.05) is 22.8 Å². The molecule has 1 N–H and O–H groups in total. The van der Waals surface area contributed by atoms with Gasteiger partial charge in [0.2, 0.25) is 5.82 Å². The molecule has 0 unspecified atom stereocenters. The number of nitrogens with one attached hydrogen (secondary N) is 1. The molecule has 0 saturated carbocycles. The molecule has 110 valence electrons. The van der Waals surface area contributed by atoms with E-state index in [2.05, 4.69) is 21.2 Å². The van der Waals surface area contributed by atoms with E-state index in [0.29, 0.717) is 18.0 Å². The standard InChI is InChI=1S/C14H12BrFN2O3/c1-21-11-3-4-12(15)9(6-11)8-17-10-2-5-13(16)14(7-10)18(19)20/h2-7,17H,8H2,1H3. The van der Waals surface area contributed by atoms with Crippen LogP contribution >= 0.6 is 15.9 Å². The Balaban J connectivity index is 2.16. The summed E-state index contributed by atoms with van der Waals surface area (Å²) in [5.74, 6) is -0.145. The molecule has 5 nitrogen and oxygen atoms in total. The van der Waals surface area contributed by atoms with Crippen LogP contribution in [0.1, 0.15) is 5.56 Å². The highest BCUT2D eigenvalue weighted by Crippen LogP contribution is 2.25. The lowest BCUT2D eigenvalue weighted by Crippen LogP contribution is -2.02. The number of nitro benzene ring substituents is 1. The van der Waals surface area contributed by atoms with E-state index in [1.54, 1.807) is 7.11 Å². The number of halogens is 2. The number of rotatable bonds is 5. The first kappa shape index (κ1) is 15.2. The third-order valence-electron chi connectivity index (χ3n) is 2.88. The largest absolute Gasteiger partial charge is 0.497 e. The lowest BCUT2D eigenvalue weighted by atomic mass is 10.2. The van der Waals surface area contributed by atoms with Crippen molar-refractivity contribution in [2.45, 2.75) is 6.54 Å². The van der Waals surface area contributed by atoms with Crippen LogP contribution in [0.3, 0.4) is 0 Å². The van der Waals surface area contributed by atoms with E-state index in [4.69, 9.17) is 4.74 Å². The maximum atomic E-state index is 13.3. The highest BCUT2D eigenvalue weighted by Gasteiger charge is 2.14. The molecule has 0 aromatic heterocycles. The van der Waals surface area contributed by atoms with E-state index in [0.717, 1.165) is 16.1 Å². The second-order valence-electron chi connectivity index (χ2n) is 4.23. The molecule has 0 amide bonds. The summed E-state index contributed by atoms with van der Waals surface area (Å²) in [4.78, 5) is 9.95. The second kappa shape index (κ2) is 6.53. The lowest BCUT2D eigenvalue weighted by molar-refractivity contribution is -0.387. The van der Waals surface area contributed by atoms with Gasteiger partial charge in [-0.15, -0.1) is 0 Å². The van der Waals surface area contributed by atoms with E-state index in [9.17, 15) is 14.5 Å². The molecule has 0 spiro atoms. The number of benzene rings is 2. The Hall–Kier alpha value is -2.15. The van der Waals surface area contributed by atoms with Gasteiger partial charge in [-0.05, 0) is 35.9 Å². The molecular weight excluding hydrogens is 343 g/mol. The van der Waals surface area contributed by atoms with Crippen LogP contribution in [0.4, 0.5) is 15.8 Å². The number of anilines is 1. The van der Waals surface area contributed by atoms with Crippen molar-refractivity contribution in [1.29, 1.82) is 0 Å². The molecule has 0 saturated heterocycles. The third kappa shape index (κ3) is 3.69. The smallest absolute Gasteiger partial charge is 0.306 e. The molecule has 2 rings (SSSR count). The molecule has 2 aromatic carbocycles. The van der Waals surface area contributed by atoms with Crippen LogP contribution in [-0.4, -0.2) is 12.0 Å². The fourth-order valence-corrected chi connectivity index (χ4v) is 2.16. The first-order chi connectivity index (χ1) is 10.0. The van der Waals surface area contributed by atoms with Crippen molar-refractivity contribution in [3.8, 4) is 5.75 Å². The maximum absolute atomic E-state index is 13.3. The molecular formula is C14H12BrFN2O3. The summed E-state index contributed by atoms with van der Waals surface area (Å²) in [6.45, 7) is 0.417. The predicted octanol–water partition coefficient (Wildman–Crippen LogP) is 4.12. The Bertz CT molecular complexity index is 679. The summed E-state index contributed by atoms with van der Waals surface area (Å²) >= 11 is 3.42. The van der Waals surface area contributed by atoms with Crippen molar-refractivity contribution in [3.05, 3.63) is 62.4 Å². The van der Waals surface area contributed by atoms with E-state index in [1.807, 2.05) is 18.2 Å². The molecule has 7 heteroatoms. The Morgan fingerprint density at radius 1 is 1.33 bits per heavy atom. The molecule has 0 aliphatic heterocycles. The Kier molecular flexibility index (Phi) is 4.74. The zero-order valence-electron chi connectivity index (χ0n) is 11.1. The topological polar surface area (TPSA) is 64.4 Å². The number of hydrogen-bond acceptors (Lipinski definition) is 4. The summed E-state index contributed by atoms with van der Waals surface area (Å²) < 4.78 is 19.3. The van der Waals surface area contributed by atoms with Crippen molar-refractivity contribution in [2.24, 2.45) is 0 Å². The van der Waals surface area contributed by atoms with Crippen LogP contribution < -0.4 is 10.1 Å². The van der Waals surface area contributed by atoms with Crippen LogP contribution in [0.2, 0.25) is 0 Å². The van der Waals surface area contributed by atoms with E-state index < -0.39 is 16.4 Å². The lowest BCUT2D eigenvalue weighted by Gasteiger charge is -2.10. The van der Waals surface area contributed by atoms with Crippen molar-refractivity contribution in [2.75, 3.05) is 12.4 Å². The van der Waals surface area contributed by atoms with Gasteiger partial charge >= 0.3 is 5.69 Å². The number of methoxy groups -OCH3 is 1. The van der Waals surface area contributed by atoms with Crippen LogP contribution in [0, 0.1) is 15.9 Å². The van der Waals surface area contributed by atoms with Crippen molar-refractivity contribution in [3.63, 3.8) is 0 Å². The molecule has 0 fully saturated rings. The maximum Gasteiger partial charge on any atom is 0.306 e. The number of nitrogens with zero attached hydrogens (tertiary/aromatic N) is 1. The molecule has 0 bridgehead atoms. The normalized spacial score (nSPS) is 10.2. The van der Waals surface area contributed by atoms with Crippen LogP contribution in [-0.2, 0) is 6.54 Å². The fraction of sp³-hybridized carbons (Fsp3) is 0.143. The van der Waals surface area contributed by atoms with Crippen LogP contribution in [0.5, 0.6) is 5.75 Å². The minimum atomic E-state index is -0.854. The van der Waals surface area contributed by atoms with Gasteiger partial charge in [-0.2, -0.15) is 4.39 Å². The Labute approximate surface area is 129 Å². The van der Waals surface area contributed by atoms with Gasteiger partial charge in [0.25, 0.3) is 0 Å². The predicted molar refractivity (Wildman–Crippen MR) is 81.1 cm³/mol. The van der Waals surface area contributed by atoms with Crippen molar-refractivity contribution >= 4 is 27.3 Å². The van der Waals surface area contributed by atoms with Crippen molar-refractivity contribution < 1.29 is 14.1 Å². The van der Waals surface area contributed by atoms with Crippen molar-refractivity contribution in [1.82, 2.24) is 0 Å². The van der Waals surface area contributed by atoms with Gasteiger partial charge in [0.15, 0.2) is 0 Å². The highest BCUT2D eigenvalue weighted by atomic mass is 79.9. The number of nitro groups is 1. The summed E-state index contributed by atoms with van der Waals surface area (Å²) in [6, 6.07) is 9.20. The molecule has 21 heavy (non-hydrogen) atoms. The van der Waals surface area contributed by atoms with Gasteiger partial charge in [-0.1, -0.05) is 15.9 Å². The quantitative estimate of drug-likeness (QED) is 0.647. The van der Waals surface area contributed by atoms with Crippen LogP contribution in [0.15, 0.2) is 40.9 Å². The average Bonchev–Trinajstić information content (AvgIpc) is 2.47. The molecule has 0 radical (unpaired) electrons. The molecule has 0 aliphatic rings. The van der Waals surface area contributed by atoms with Gasteiger partial charge in [0.1, 0.15) is 5.75 Å². The molecule has 2 aromatic rings. The third-order valence-corrected chi connectivity index (χ3v) is 3.65. The Morgan fingerprint density at radius 2 is 2.10 bits per heavy atom. The summed E-state index contributed by atoms with van der Waals surface area (Å²) in [6.07, 6.45) is 0.